The van der Waals surface area contributed by atoms with E-state index in [9.17, 15) is 4.79 Å². The van der Waals surface area contributed by atoms with Crippen LogP contribution in [0.3, 0.4) is 0 Å². The first-order valence-electron chi connectivity index (χ1n) is 11.4. The van der Waals surface area contributed by atoms with Crippen LogP contribution in [-0.4, -0.2) is 72.3 Å². The van der Waals surface area contributed by atoms with Gasteiger partial charge in [-0.3, -0.25) is 9.69 Å². The van der Waals surface area contributed by atoms with Crippen molar-refractivity contribution in [2.75, 3.05) is 44.6 Å². The molecule has 3 heterocycles. The minimum atomic E-state index is -0.333. The standard InChI is InChI=1S/C23H32N6O3.HI/c1-2-24-23(29-11-9-28(10-12-29)17-20-8-14-32-27-20)25-16-18-5-3-6-19(15-18)26-22(30)21-7-4-13-31-21;/h3,5-6,8,14-15,21H,2,4,7,9-13,16-17H2,1H3,(H,24,25)(H,26,30);1H. The first-order valence-corrected chi connectivity index (χ1v) is 11.4. The number of hydrogen-bond acceptors (Lipinski definition) is 6. The Morgan fingerprint density at radius 2 is 2.09 bits per heavy atom. The van der Waals surface area contributed by atoms with Crippen molar-refractivity contribution in [1.29, 1.82) is 0 Å². The molecule has 1 amide bonds. The third-order valence-corrected chi connectivity index (χ3v) is 5.71. The van der Waals surface area contributed by atoms with Gasteiger partial charge in [0.05, 0.1) is 12.2 Å². The Morgan fingerprint density at radius 1 is 1.24 bits per heavy atom. The molecule has 1 aromatic carbocycles. The van der Waals surface area contributed by atoms with Crippen molar-refractivity contribution in [3.05, 3.63) is 47.9 Å². The summed E-state index contributed by atoms with van der Waals surface area (Å²) < 4.78 is 10.4. The average molecular weight is 568 g/mol. The van der Waals surface area contributed by atoms with Crippen molar-refractivity contribution >= 4 is 41.5 Å². The monoisotopic (exact) mass is 568 g/mol. The summed E-state index contributed by atoms with van der Waals surface area (Å²) >= 11 is 0. The Morgan fingerprint density at radius 3 is 2.79 bits per heavy atom. The number of piperazine rings is 1. The van der Waals surface area contributed by atoms with Gasteiger partial charge in [0, 0.05) is 57.6 Å². The zero-order chi connectivity index (χ0) is 22.2. The molecular weight excluding hydrogens is 535 g/mol. The molecule has 2 aliphatic rings. The van der Waals surface area contributed by atoms with E-state index in [1.165, 1.54) is 0 Å². The van der Waals surface area contributed by atoms with Crippen LogP contribution in [0.15, 0.2) is 46.1 Å². The summed E-state index contributed by atoms with van der Waals surface area (Å²) in [5, 5.41) is 10.4. The van der Waals surface area contributed by atoms with Crippen LogP contribution in [-0.2, 0) is 22.6 Å². The summed E-state index contributed by atoms with van der Waals surface area (Å²) in [4.78, 5) is 21.8. The molecule has 4 rings (SSSR count). The van der Waals surface area contributed by atoms with Gasteiger partial charge in [-0.25, -0.2) is 4.99 Å². The molecule has 2 aliphatic heterocycles. The van der Waals surface area contributed by atoms with Gasteiger partial charge in [-0.2, -0.15) is 0 Å². The predicted octanol–water partition coefficient (Wildman–Crippen LogP) is 2.69. The minimum Gasteiger partial charge on any atom is -0.368 e. The zero-order valence-electron chi connectivity index (χ0n) is 19.0. The van der Waals surface area contributed by atoms with Crippen molar-refractivity contribution in [2.24, 2.45) is 4.99 Å². The Hall–Kier alpha value is -2.18. The number of aliphatic imine (C=N–C) groups is 1. The SMILES string of the molecule is CCNC(=NCc1cccc(NC(=O)C2CCCO2)c1)N1CCN(Cc2ccon2)CC1.I. The average Bonchev–Trinajstić information content (AvgIpc) is 3.52. The number of aromatic nitrogens is 1. The van der Waals surface area contributed by atoms with Crippen LogP contribution in [0, 0.1) is 0 Å². The van der Waals surface area contributed by atoms with Crippen LogP contribution in [0.1, 0.15) is 31.0 Å². The number of anilines is 1. The van der Waals surface area contributed by atoms with E-state index in [0.29, 0.717) is 13.2 Å². The fraction of sp³-hybridized carbons (Fsp3) is 0.522. The molecular formula is C23H33IN6O3. The molecule has 2 N–H and O–H groups in total. The maximum atomic E-state index is 12.3. The van der Waals surface area contributed by atoms with E-state index in [1.54, 1.807) is 6.26 Å². The van der Waals surface area contributed by atoms with Crippen LogP contribution < -0.4 is 10.6 Å². The molecule has 2 saturated heterocycles. The molecule has 0 radical (unpaired) electrons. The summed E-state index contributed by atoms with van der Waals surface area (Å²) in [6.07, 6.45) is 3.01. The second kappa shape index (κ2) is 12.9. The Kier molecular flexibility index (Phi) is 9.95. The minimum absolute atomic E-state index is 0. The molecule has 10 heteroatoms. The highest BCUT2D eigenvalue weighted by Crippen LogP contribution is 2.17. The summed E-state index contributed by atoms with van der Waals surface area (Å²) in [7, 11) is 0. The van der Waals surface area contributed by atoms with Crippen molar-refractivity contribution in [2.45, 2.75) is 39.0 Å². The van der Waals surface area contributed by atoms with E-state index in [0.717, 1.165) is 75.0 Å². The van der Waals surface area contributed by atoms with Gasteiger partial charge in [-0.05, 0) is 37.5 Å². The van der Waals surface area contributed by atoms with Crippen molar-refractivity contribution < 1.29 is 14.1 Å². The van der Waals surface area contributed by atoms with Crippen LogP contribution in [0.2, 0.25) is 0 Å². The number of nitrogens with zero attached hydrogens (tertiary/aromatic N) is 4. The quantitative estimate of drug-likeness (QED) is 0.302. The number of hydrogen-bond donors (Lipinski definition) is 2. The number of ether oxygens (including phenoxy) is 1. The van der Waals surface area contributed by atoms with Gasteiger partial charge in [-0.1, -0.05) is 17.3 Å². The molecule has 0 saturated carbocycles. The van der Waals surface area contributed by atoms with Crippen LogP contribution in [0.25, 0.3) is 0 Å². The van der Waals surface area contributed by atoms with E-state index in [1.807, 2.05) is 30.3 Å². The molecule has 9 nitrogen and oxygen atoms in total. The number of carbonyl (C=O) groups excluding carboxylic acids is 1. The number of halogens is 1. The highest BCUT2D eigenvalue weighted by Gasteiger charge is 2.23. The van der Waals surface area contributed by atoms with Gasteiger partial charge in [-0.15, -0.1) is 24.0 Å². The molecule has 0 bridgehead atoms. The van der Waals surface area contributed by atoms with Crippen molar-refractivity contribution in [3.63, 3.8) is 0 Å². The highest BCUT2D eigenvalue weighted by atomic mass is 127. The van der Waals surface area contributed by atoms with E-state index in [2.05, 4.69) is 32.5 Å². The van der Waals surface area contributed by atoms with Crippen LogP contribution >= 0.6 is 24.0 Å². The van der Waals surface area contributed by atoms with E-state index >= 15 is 0 Å². The normalized spacial score (nSPS) is 19.2. The molecule has 1 atom stereocenters. The number of nitrogens with one attached hydrogen (secondary N) is 2. The third kappa shape index (κ3) is 7.41. The summed E-state index contributed by atoms with van der Waals surface area (Å²) in [5.41, 5.74) is 2.80. The van der Waals surface area contributed by atoms with E-state index in [4.69, 9.17) is 14.3 Å². The molecule has 0 aliphatic carbocycles. The first kappa shape index (κ1) is 25.4. The molecule has 1 unspecified atom stereocenters. The smallest absolute Gasteiger partial charge is 0.253 e. The second-order valence-corrected chi connectivity index (χ2v) is 8.12. The lowest BCUT2D eigenvalue weighted by atomic mass is 10.2. The second-order valence-electron chi connectivity index (χ2n) is 8.12. The topological polar surface area (TPSA) is 95.2 Å². The number of benzene rings is 1. The molecule has 33 heavy (non-hydrogen) atoms. The number of amides is 1. The Labute approximate surface area is 211 Å². The zero-order valence-corrected chi connectivity index (χ0v) is 21.4. The number of carbonyl (C=O) groups is 1. The van der Waals surface area contributed by atoms with Gasteiger partial charge in [0.25, 0.3) is 5.91 Å². The fourth-order valence-electron chi connectivity index (χ4n) is 4.01. The Bertz CT molecular complexity index is 893. The fourth-order valence-corrected chi connectivity index (χ4v) is 4.01. The van der Waals surface area contributed by atoms with Crippen LogP contribution in [0.4, 0.5) is 5.69 Å². The lowest BCUT2D eigenvalue weighted by Crippen LogP contribution is -2.52. The van der Waals surface area contributed by atoms with E-state index in [-0.39, 0.29) is 36.0 Å². The Balaban J connectivity index is 0.00000306. The molecule has 2 fully saturated rings. The van der Waals surface area contributed by atoms with Crippen molar-refractivity contribution in [1.82, 2.24) is 20.3 Å². The van der Waals surface area contributed by atoms with Crippen LogP contribution in [0.5, 0.6) is 0 Å². The van der Waals surface area contributed by atoms with Crippen molar-refractivity contribution in [3.8, 4) is 0 Å². The van der Waals surface area contributed by atoms with Gasteiger partial charge in [0.2, 0.25) is 0 Å². The third-order valence-electron chi connectivity index (χ3n) is 5.71. The van der Waals surface area contributed by atoms with Gasteiger partial charge in [0.15, 0.2) is 5.96 Å². The molecule has 2 aromatic rings. The van der Waals surface area contributed by atoms with Gasteiger partial charge < -0.3 is 24.8 Å². The predicted molar refractivity (Wildman–Crippen MR) is 138 cm³/mol. The molecule has 0 spiro atoms. The summed E-state index contributed by atoms with van der Waals surface area (Å²) in [6.45, 7) is 8.61. The number of guanidine groups is 1. The van der Waals surface area contributed by atoms with E-state index < -0.39 is 0 Å². The molecule has 180 valence electrons. The van der Waals surface area contributed by atoms with Gasteiger partial charge >= 0.3 is 0 Å². The largest absolute Gasteiger partial charge is 0.368 e. The van der Waals surface area contributed by atoms with Gasteiger partial charge in [0.1, 0.15) is 12.4 Å². The maximum Gasteiger partial charge on any atom is 0.253 e. The highest BCUT2D eigenvalue weighted by molar-refractivity contribution is 14.0. The number of rotatable bonds is 7. The first-order chi connectivity index (χ1) is 15.7. The summed E-state index contributed by atoms with van der Waals surface area (Å²) in [5.74, 6) is 0.849. The maximum absolute atomic E-state index is 12.3. The lowest BCUT2D eigenvalue weighted by molar-refractivity contribution is -0.124. The lowest BCUT2D eigenvalue weighted by Gasteiger charge is -2.36. The summed E-state index contributed by atoms with van der Waals surface area (Å²) in [6, 6.07) is 9.78. The molecule has 1 aromatic heterocycles.